The van der Waals surface area contributed by atoms with Gasteiger partial charge in [-0.15, -0.1) is 0 Å². The minimum absolute atomic E-state index is 0.00219. The van der Waals surface area contributed by atoms with Gasteiger partial charge in [-0.2, -0.15) is 5.10 Å². The van der Waals surface area contributed by atoms with Crippen molar-refractivity contribution in [3.05, 3.63) is 30.6 Å². The summed E-state index contributed by atoms with van der Waals surface area (Å²) in [7, 11) is 1.77. The number of carbonyl (C=O) groups is 2. The van der Waals surface area contributed by atoms with Crippen LogP contribution in [0.2, 0.25) is 0 Å². The number of rotatable bonds is 7. The van der Waals surface area contributed by atoms with Crippen LogP contribution in [0.1, 0.15) is 26.7 Å². The summed E-state index contributed by atoms with van der Waals surface area (Å²) in [5, 5.41) is 7.19. The average molecular weight is 329 g/mol. The Balaban J connectivity index is 1.95. The van der Waals surface area contributed by atoms with Gasteiger partial charge in [0.25, 0.3) is 0 Å². The van der Waals surface area contributed by atoms with E-state index >= 15 is 0 Å². The van der Waals surface area contributed by atoms with Crippen LogP contribution in [-0.2, 0) is 16.6 Å². The highest BCUT2D eigenvalue weighted by Crippen LogP contribution is 2.20. The Morgan fingerprint density at radius 3 is 2.46 bits per heavy atom. The van der Waals surface area contributed by atoms with Gasteiger partial charge in [0, 0.05) is 57.0 Å². The predicted molar refractivity (Wildman–Crippen MR) is 92.2 cm³/mol. The van der Waals surface area contributed by atoms with Gasteiger partial charge >= 0.3 is 0 Å². The Labute approximate surface area is 141 Å². The maximum absolute atomic E-state index is 12.1. The Bertz CT molecular complexity index is 692. The molecule has 7 heteroatoms. The van der Waals surface area contributed by atoms with Gasteiger partial charge in [0.1, 0.15) is 5.82 Å². The Morgan fingerprint density at radius 2 is 1.83 bits per heavy atom. The first-order valence-electron chi connectivity index (χ1n) is 8.07. The number of anilines is 1. The number of carbonyl (C=O) groups excluding carboxylic acids is 2. The Hall–Kier alpha value is -2.70. The number of hydrogen-bond donors (Lipinski definition) is 1. The maximum atomic E-state index is 12.1. The van der Waals surface area contributed by atoms with Crippen LogP contribution in [0.5, 0.6) is 0 Å². The molecule has 0 saturated carbocycles. The van der Waals surface area contributed by atoms with Crippen molar-refractivity contribution in [2.24, 2.45) is 7.05 Å². The lowest BCUT2D eigenvalue weighted by Gasteiger charge is -2.18. The summed E-state index contributed by atoms with van der Waals surface area (Å²) in [6.07, 6.45) is 3.76. The van der Waals surface area contributed by atoms with Gasteiger partial charge in [0.15, 0.2) is 0 Å². The number of hydrogen-bond acceptors (Lipinski definition) is 4. The molecule has 2 aromatic rings. The molecule has 0 bridgehead atoms. The molecule has 128 valence electrons. The maximum Gasteiger partial charge on any atom is 0.226 e. The molecular weight excluding hydrogens is 306 g/mol. The van der Waals surface area contributed by atoms with E-state index in [0.717, 1.165) is 11.3 Å². The third-order valence-electron chi connectivity index (χ3n) is 3.81. The summed E-state index contributed by atoms with van der Waals surface area (Å²) in [6.45, 7) is 5.18. The van der Waals surface area contributed by atoms with Crippen molar-refractivity contribution >= 4 is 17.6 Å². The van der Waals surface area contributed by atoms with Crippen LogP contribution in [-0.4, -0.2) is 44.6 Å². The fraction of sp³-hybridized carbons (Fsp3) is 0.412. The van der Waals surface area contributed by atoms with E-state index in [-0.39, 0.29) is 24.7 Å². The zero-order valence-electron chi connectivity index (χ0n) is 14.3. The monoisotopic (exact) mass is 329 g/mol. The number of amides is 2. The van der Waals surface area contributed by atoms with Crippen LogP contribution in [0.3, 0.4) is 0 Å². The predicted octanol–water partition coefficient (Wildman–Crippen LogP) is 2.07. The van der Waals surface area contributed by atoms with E-state index in [1.54, 1.807) is 35.1 Å². The summed E-state index contributed by atoms with van der Waals surface area (Å²) < 4.78 is 1.61. The first-order chi connectivity index (χ1) is 11.5. The lowest BCUT2D eigenvalue weighted by Crippen LogP contribution is -2.31. The second-order valence-electron chi connectivity index (χ2n) is 5.39. The highest BCUT2D eigenvalue weighted by molar-refractivity contribution is 5.93. The van der Waals surface area contributed by atoms with Crippen LogP contribution >= 0.6 is 0 Å². The molecule has 2 heterocycles. The fourth-order valence-electron chi connectivity index (χ4n) is 2.41. The Kier molecular flexibility index (Phi) is 6.06. The van der Waals surface area contributed by atoms with Gasteiger partial charge in [0.2, 0.25) is 11.8 Å². The molecule has 24 heavy (non-hydrogen) atoms. The molecule has 0 aliphatic carbocycles. The van der Waals surface area contributed by atoms with Crippen molar-refractivity contribution in [3.63, 3.8) is 0 Å². The molecule has 0 aromatic carbocycles. The second kappa shape index (κ2) is 8.24. The zero-order chi connectivity index (χ0) is 17.5. The van der Waals surface area contributed by atoms with Crippen molar-refractivity contribution in [2.45, 2.75) is 26.7 Å². The number of nitrogens with zero attached hydrogens (tertiary/aromatic N) is 4. The van der Waals surface area contributed by atoms with E-state index in [1.807, 2.05) is 26.0 Å². The molecule has 0 spiro atoms. The molecule has 0 unspecified atom stereocenters. The molecule has 2 aromatic heterocycles. The van der Waals surface area contributed by atoms with Gasteiger partial charge in [-0.1, -0.05) is 0 Å². The highest BCUT2D eigenvalue weighted by atomic mass is 16.2. The molecule has 7 nitrogen and oxygen atoms in total. The molecule has 0 fully saturated rings. The van der Waals surface area contributed by atoms with Crippen LogP contribution in [0, 0.1) is 0 Å². The highest BCUT2D eigenvalue weighted by Gasteiger charge is 2.14. The standard InChI is InChI=1S/C17H23N5O2/c1-4-22(5-2)17(24)7-6-16(23)19-15-12-14(20-21(15)3)13-8-10-18-11-9-13/h8-12H,4-7H2,1-3H3,(H,19,23). The van der Waals surface area contributed by atoms with E-state index in [0.29, 0.717) is 18.9 Å². The van der Waals surface area contributed by atoms with E-state index in [1.165, 1.54) is 0 Å². The van der Waals surface area contributed by atoms with Crippen LogP contribution in [0.15, 0.2) is 30.6 Å². The van der Waals surface area contributed by atoms with Gasteiger partial charge in [-0.25, -0.2) is 0 Å². The summed E-state index contributed by atoms with van der Waals surface area (Å²) in [4.78, 5) is 29.7. The molecular formula is C17H23N5O2. The molecule has 0 atom stereocenters. The van der Waals surface area contributed by atoms with Crippen molar-refractivity contribution in [3.8, 4) is 11.3 Å². The SMILES string of the molecule is CCN(CC)C(=O)CCC(=O)Nc1cc(-c2ccncc2)nn1C. The van der Waals surface area contributed by atoms with Gasteiger partial charge < -0.3 is 10.2 Å². The fourth-order valence-corrected chi connectivity index (χ4v) is 2.41. The molecule has 2 rings (SSSR count). The third kappa shape index (κ3) is 4.41. The first kappa shape index (κ1) is 17.7. The quantitative estimate of drug-likeness (QED) is 0.843. The molecule has 0 aliphatic rings. The summed E-state index contributed by atoms with van der Waals surface area (Å²) in [5.74, 6) is 0.402. The van der Waals surface area contributed by atoms with E-state index in [9.17, 15) is 9.59 Å². The lowest BCUT2D eigenvalue weighted by atomic mass is 10.2. The molecule has 2 amide bonds. The average Bonchev–Trinajstić information content (AvgIpc) is 2.95. The normalized spacial score (nSPS) is 10.5. The zero-order valence-corrected chi connectivity index (χ0v) is 14.3. The van der Waals surface area contributed by atoms with Crippen molar-refractivity contribution in [2.75, 3.05) is 18.4 Å². The molecule has 1 N–H and O–H groups in total. The second-order valence-corrected chi connectivity index (χ2v) is 5.39. The van der Waals surface area contributed by atoms with Crippen molar-refractivity contribution in [1.29, 1.82) is 0 Å². The van der Waals surface area contributed by atoms with Crippen LogP contribution in [0.4, 0.5) is 5.82 Å². The third-order valence-corrected chi connectivity index (χ3v) is 3.81. The number of nitrogens with one attached hydrogen (secondary N) is 1. The first-order valence-corrected chi connectivity index (χ1v) is 8.07. The minimum Gasteiger partial charge on any atom is -0.343 e. The van der Waals surface area contributed by atoms with Gasteiger partial charge in [-0.3, -0.25) is 19.3 Å². The number of aryl methyl sites for hydroxylation is 1. The lowest BCUT2D eigenvalue weighted by molar-refractivity contribution is -0.132. The topological polar surface area (TPSA) is 80.1 Å². The Morgan fingerprint density at radius 1 is 1.17 bits per heavy atom. The summed E-state index contributed by atoms with van der Waals surface area (Å²) >= 11 is 0. The van der Waals surface area contributed by atoms with E-state index in [4.69, 9.17) is 0 Å². The van der Waals surface area contributed by atoms with E-state index in [2.05, 4.69) is 15.4 Å². The molecule has 0 aliphatic heterocycles. The molecule has 0 radical (unpaired) electrons. The van der Waals surface area contributed by atoms with Crippen molar-refractivity contribution in [1.82, 2.24) is 19.7 Å². The van der Waals surface area contributed by atoms with Gasteiger partial charge in [-0.05, 0) is 26.0 Å². The number of pyridine rings is 1. The number of aromatic nitrogens is 3. The smallest absolute Gasteiger partial charge is 0.226 e. The summed E-state index contributed by atoms with van der Waals surface area (Å²) in [5.41, 5.74) is 1.69. The van der Waals surface area contributed by atoms with Gasteiger partial charge in [0.05, 0.1) is 5.69 Å². The van der Waals surface area contributed by atoms with Crippen LogP contribution < -0.4 is 5.32 Å². The largest absolute Gasteiger partial charge is 0.343 e. The van der Waals surface area contributed by atoms with E-state index < -0.39 is 0 Å². The minimum atomic E-state index is -0.195. The summed E-state index contributed by atoms with van der Waals surface area (Å²) in [6, 6.07) is 5.52. The molecule has 0 saturated heterocycles. The van der Waals surface area contributed by atoms with Crippen LogP contribution in [0.25, 0.3) is 11.3 Å². The van der Waals surface area contributed by atoms with Crippen molar-refractivity contribution < 1.29 is 9.59 Å².